The summed E-state index contributed by atoms with van der Waals surface area (Å²) < 4.78 is 13.7. The number of amides is 1. The van der Waals surface area contributed by atoms with E-state index in [0.717, 1.165) is 48.0 Å². The van der Waals surface area contributed by atoms with Crippen LogP contribution in [0.15, 0.2) is 60.8 Å². The third-order valence-corrected chi connectivity index (χ3v) is 6.91. The number of hydrogen-bond acceptors (Lipinski definition) is 3. The normalized spacial score (nSPS) is 15.4. The molecule has 0 bridgehead atoms. The number of hydroxylamine groups is 1. The van der Waals surface area contributed by atoms with Crippen LogP contribution in [0.1, 0.15) is 40.4 Å². The molecular weight excluding hydrogens is 467 g/mol. The van der Waals surface area contributed by atoms with Gasteiger partial charge in [0.25, 0.3) is 5.91 Å². The highest BCUT2D eigenvalue weighted by Gasteiger charge is 2.28. The molecule has 0 spiro atoms. The molecule has 6 nitrogen and oxygen atoms in total. The Kier molecular flexibility index (Phi) is 6.72. The first kappa shape index (κ1) is 23.4. The first-order valence-corrected chi connectivity index (χ1v) is 12.0. The molecule has 0 saturated carbocycles. The first-order valence-electron chi connectivity index (χ1n) is 11.6. The van der Waals surface area contributed by atoms with Gasteiger partial charge in [0.05, 0.1) is 0 Å². The van der Waals surface area contributed by atoms with Gasteiger partial charge in [-0.05, 0) is 71.9 Å². The molecule has 1 atom stereocenters. The number of rotatable bonds is 8. The second kappa shape index (κ2) is 10.1. The number of nitrogens with zero attached hydrogens (tertiary/aromatic N) is 1. The molecule has 180 valence electrons. The number of nitrogens with one attached hydrogen (secondary N) is 3. The fourth-order valence-electron chi connectivity index (χ4n) is 5.00. The number of aromatic nitrogens is 2. The second-order valence-corrected chi connectivity index (χ2v) is 9.31. The quantitative estimate of drug-likeness (QED) is 0.148. The van der Waals surface area contributed by atoms with Crippen molar-refractivity contribution in [2.24, 2.45) is 0 Å². The van der Waals surface area contributed by atoms with Gasteiger partial charge in [-0.15, -0.1) is 0 Å². The molecule has 8 heteroatoms. The van der Waals surface area contributed by atoms with E-state index in [4.69, 9.17) is 16.8 Å². The Hall–Kier alpha value is -3.39. The van der Waals surface area contributed by atoms with Crippen LogP contribution < -0.4 is 5.48 Å². The maximum absolute atomic E-state index is 13.7. The van der Waals surface area contributed by atoms with E-state index >= 15 is 0 Å². The molecule has 2 heterocycles. The number of carbonyl (C=O) groups excluding carboxylic acids is 1. The summed E-state index contributed by atoms with van der Waals surface area (Å²) in [6, 6.07) is 15.5. The van der Waals surface area contributed by atoms with E-state index in [1.54, 1.807) is 17.6 Å². The minimum atomic E-state index is -0.563. The van der Waals surface area contributed by atoms with Gasteiger partial charge >= 0.3 is 0 Å². The lowest BCUT2D eigenvalue weighted by molar-refractivity contribution is -0.124. The van der Waals surface area contributed by atoms with Crippen molar-refractivity contribution < 1.29 is 14.4 Å². The summed E-state index contributed by atoms with van der Waals surface area (Å²) in [6.45, 7) is 1.42. The van der Waals surface area contributed by atoms with Gasteiger partial charge in [-0.1, -0.05) is 35.9 Å². The van der Waals surface area contributed by atoms with Gasteiger partial charge in [-0.3, -0.25) is 14.9 Å². The Morgan fingerprint density at radius 1 is 1.23 bits per heavy atom. The van der Waals surface area contributed by atoms with E-state index in [1.807, 2.05) is 30.5 Å². The highest BCUT2D eigenvalue weighted by molar-refractivity contribution is 6.31. The molecule has 2 aromatic heterocycles. The van der Waals surface area contributed by atoms with Crippen molar-refractivity contribution in [2.75, 3.05) is 6.54 Å². The topological polar surface area (TPSA) is 84.2 Å². The third-order valence-electron chi connectivity index (χ3n) is 6.67. The van der Waals surface area contributed by atoms with E-state index in [1.165, 1.54) is 28.8 Å². The van der Waals surface area contributed by atoms with Crippen LogP contribution in [0, 0.1) is 5.95 Å². The summed E-state index contributed by atoms with van der Waals surface area (Å²) >= 11 is 6.14. The molecule has 4 aromatic rings. The molecule has 0 aliphatic heterocycles. The van der Waals surface area contributed by atoms with Crippen LogP contribution >= 0.6 is 11.6 Å². The number of aryl methyl sites for hydroxylation is 1. The summed E-state index contributed by atoms with van der Waals surface area (Å²) in [4.78, 5) is 19.9. The molecule has 0 saturated heterocycles. The van der Waals surface area contributed by atoms with Crippen LogP contribution in [-0.4, -0.2) is 32.5 Å². The van der Waals surface area contributed by atoms with Gasteiger partial charge in [0.15, 0.2) is 5.95 Å². The molecule has 35 heavy (non-hydrogen) atoms. The zero-order valence-electron chi connectivity index (χ0n) is 19.0. The molecular formula is C27H26ClFN4O2. The molecule has 1 aliphatic carbocycles. The summed E-state index contributed by atoms with van der Waals surface area (Å²) in [7, 11) is 0. The number of halogens is 2. The van der Waals surface area contributed by atoms with Gasteiger partial charge in [0.1, 0.15) is 0 Å². The molecule has 0 radical (unpaired) electrons. The monoisotopic (exact) mass is 492 g/mol. The maximum atomic E-state index is 13.7. The summed E-state index contributed by atoms with van der Waals surface area (Å²) in [6.07, 6.45) is 7.75. The van der Waals surface area contributed by atoms with Crippen molar-refractivity contribution in [3.05, 3.63) is 99.7 Å². The van der Waals surface area contributed by atoms with Crippen molar-refractivity contribution in [2.45, 2.75) is 31.8 Å². The molecule has 1 amide bonds. The van der Waals surface area contributed by atoms with Crippen molar-refractivity contribution in [3.63, 3.8) is 0 Å². The van der Waals surface area contributed by atoms with Crippen molar-refractivity contribution in [3.8, 4) is 0 Å². The number of fused-ring (bicyclic) bond motifs is 2. The molecule has 4 N–H and O–H groups in total. The van der Waals surface area contributed by atoms with E-state index in [-0.39, 0.29) is 12.0 Å². The first-order chi connectivity index (χ1) is 17.0. The second-order valence-electron chi connectivity index (χ2n) is 8.88. The average molecular weight is 493 g/mol. The Balaban J connectivity index is 1.38. The van der Waals surface area contributed by atoms with Gasteiger partial charge in [-0.25, -0.2) is 5.48 Å². The van der Waals surface area contributed by atoms with Crippen molar-refractivity contribution >= 4 is 34.5 Å². The molecule has 1 unspecified atom stereocenters. The molecule has 5 rings (SSSR count). The summed E-state index contributed by atoms with van der Waals surface area (Å²) in [5, 5.41) is 10.6. The lowest BCUT2D eigenvalue weighted by atomic mass is 10.0. The zero-order chi connectivity index (χ0) is 24.4. The minimum Gasteiger partial charge on any atom is -0.361 e. The lowest BCUT2D eigenvalue weighted by Crippen LogP contribution is -2.29. The lowest BCUT2D eigenvalue weighted by Gasteiger charge is -2.29. The number of H-pyrrole nitrogens is 2. The van der Waals surface area contributed by atoms with Gasteiger partial charge < -0.3 is 9.97 Å². The van der Waals surface area contributed by atoms with E-state index in [0.29, 0.717) is 11.6 Å². The van der Waals surface area contributed by atoms with Crippen molar-refractivity contribution in [1.82, 2.24) is 20.3 Å². The summed E-state index contributed by atoms with van der Waals surface area (Å²) in [5.41, 5.74) is 8.09. The largest absolute Gasteiger partial charge is 0.361 e. The van der Waals surface area contributed by atoms with Crippen LogP contribution in [0.3, 0.4) is 0 Å². The van der Waals surface area contributed by atoms with E-state index in [2.05, 4.69) is 27.0 Å². The van der Waals surface area contributed by atoms with Crippen LogP contribution in [0.5, 0.6) is 0 Å². The van der Waals surface area contributed by atoms with Gasteiger partial charge in [-0.2, -0.15) is 4.39 Å². The number of carbonyl (C=O) groups is 1. The number of hydrogen-bond donors (Lipinski definition) is 4. The summed E-state index contributed by atoms with van der Waals surface area (Å²) in [5.74, 6) is -0.893. The van der Waals surface area contributed by atoms with Crippen LogP contribution in [0.25, 0.3) is 17.0 Å². The maximum Gasteiger partial charge on any atom is 0.267 e. The Morgan fingerprint density at radius 2 is 2.11 bits per heavy atom. The standard InChI is InChI=1S/C27H26ClFN4O2/c28-20-4-7-22-19(15-30-24(22)14-20)11-12-33(16-21-5-9-26(29)31-21)25-8-3-18-13-17(1-6-23(18)25)2-10-27(34)32-35/h1-2,4-7,9-10,13-15,25,30-31,35H,3,8,11-12,16H2,(H,32,34). The highest BCUT2D eigenvalue weighted by Crippen LogP contribution is 2.37. The van der Waals surface area contributed by atoms with Crippen LogP contribution in [-0.2, 0) is 24.2 Å². The Morgan fingerprint density at radius 3 is 2.91 bits per heavy atom. The fraction of sp³-hybridized carbons (Fsp3) is 0.222. The SMILES string of the molecule is O=C(C=Cc1ccc2c(c1)CCC2N(CCc1c[nH]c2cc(Cl)ccc12)Cc1ccc(F)[nH]1)NO. The fourth-order valence-corrected chi connectivity index (χ4v) is 5.18. The average Bonchev–Trinajstić information content (AvgIpc) is 3.58. The van der Waals surface area contributed by atoms with E-state index < -0.39 is 5.91 Å². The predicted molar refractivity (Wildman–Crippen MR) is 135 cm³/mol. The Labute approximate surface area is 207 Å². The molecule has 2 aromatic carbocycles. The Bertz CT molecular complexity index is 1390. The molecule has 1 aliphatic rings. The zero-order valence-corrected chi connectivity index (χ0v) is 19.8. The van der Waals surface area contributed by atoms with Gasteiger partial charge in [0.2, 0.25) is 0 Å². The molecule has 0 fully saturated rings. The highest BCUT2D eigenvalue weighted by atomic mass is 35.5. The van der Waals surface area contributed by atoms with Crippen LogP contribution in [0.4, 0.5) is 4.39 Å². The third kappa shape index (κ3) is 5.17. The van der Waals surface area contributed by atoms with Crippen LogP contribution in [0.2, 0.25) is 5.02 Å². The van der Waals surface area contributed by atoms with E-state index in [9.17, 15) is 9.18 Å². The van der Waals surface area contributed by atoms with Gasteiger partial charge in [0, 0.05) is 53.0 Å². The minimum absolute atomic E-state index is 0.204. The smallest absolute Gasteiger partial charge is 0.267 e. The predicted octanol–water partition coefficient (Wildman–Crippen LogP) is 5.54. The number of benzene rings is 2. The van der Waals surface area contributed by atoms with Crippen molar-refractivity contribution in [1.29, 1.82) is 0 Å². The number of aromatic amines is 2.